The molecule has 0 radical (unpaired) electrons. The number of nitrogens with zero attached hydrogens (tertiary/aromatic N) is 1. The predicted octanol–water partition coefficient (Wildman–Crippen LogP) is 3.68. The maximum absolute atomic E-state index is 13.2. The Kier molecular flexibility index (Phi) is 5.53. The van der Waals surface area contributed by atoms with Gasteiger partial charge in [0.15, 0.2) is 11.6 Å². The topological polar surface area (TPSA) is 24.9 Å². The summed E-state index contributed by atoms with van der Waals surface area (Å²) in [6, 6.07) is 2.95. The zero-order valence-electron chi connectivity index (χ0n) is 9.71. The van der Waals surface area contributed by atoms with Crippen molar-refractivity contribution in [3.8, 4) is 0 Å². The van der Waals surface area contributed by atoms with Crippen LogP contribution in [0.4, 0.5) is 10.2 Å². The summed E-state index contributed by atoms with van der Waals surface area (Å²) in [6.07, 6.45) is 3.64. The van der Waals surface area contributed by atoms with Crippen LogP contribution in [0.5, 0.6) is 0 Å². The second kappa shape index (κ2) is 6.69. The van der Waals surface area contributed by atoms with Gasteiger partial charge in [-0.1, -0.05) is 26.7 Å². The molecular weight excluding hydrogens is 227 g/mol. The van der Waals surface area contributed by atoms with E-state index >= 15 is 0 Å². The molecule has 1 aromatic heterocycles. The lowest BCUT2D eigenvalue weighted by molar-refractivity contribution is 0.474. The molecule has 4 heteroatoms. The maximum atomic E-state index is 13.2. The Bertz CT molecular complexity index is 316. The molecule has 0 aromatic carbocycles. The Labute approximate surface area is 101 Å². The van der Waals surface area contributed by atoms with Crippen molar-refractivity contribution in [1.29, 1.82) is 0 Å². The van der Waals surface area contributed by atoms with Crippen molar-refractivity contribution in [3.63, 3.8) is 0 Å². The standard InChI is InChI=1S/C12H18ClFN2/c1-3-9(4-2)10(13)8-16-12-11(14)6-5-7-15-12/h5-7,9-10H,3-4,8H2,1-2H3,(H,15,16). The highest BCUT2D eigenvalue weighted by Gasteiger charge is 2.15. The molecule has 0 aliphatic carbocycles. The average Bonchev–Trinajstić information content (AvgIpc) is 2.29. The fourth-order valence-electron chi connectivity index (χ4n) is 1.68. The highest BCUT2D eigenvalue weighted by molar-refractivity contribution is 6.21. The van der Waals surface area contributed by atoms with Gasteiger partial charge in [-0.2, -0.15) is 0 Å². The first kappa shape index (κ1) is 13.2. The monoisotopic (exact) mass is 244 g/mol. The van der Waals surface area contributed by atoms with Crippen molar-refractivity contribution in [1.82, 2.24) is 4.98 Å². The van der Waals surface area contributed by atoms with E-state index < -0.39 is 0 Å². The number of hydrogen-bond acceptors (Lipinski definition) is 2. The smallest absolute Gasteiger partial charge is 0.165 e. The van der Waals surface area contributed by atoms with E-state index in [1.165, 1.54) is 6.07 Å². The number of pyridine rings is 1. The lowest BCUT2D eigenvalue weighted by Crippen LogP contribution is -2.23. The van der Waals surface area contributed by atoms with Crippen LogP contribution < -0.4 is 5.32 Å². The van der Waals surface area contributed by atoms with Gasteiger partial charge in [-0.25, -0.2) is 9.37 Å². The quantitative estimate of drug-likeness (QED) is 0.773. The molecule has 0 aliphatic heterocycles. The van der Waals surface area contributed by atoms with E-state index in [1.807, 2.05) is 0 Å². The van der Waals surface area contributed by atoms with E-state index in [9.17, 15) is 4.39 Å². The number of anilines is 1. The number of hydrogen-bond donors (Lipinski definition) is 1. The third-order valence-corrected chi connectivity index (χ3v) is 3.29. The van der Waals surface area contributed by atoms with Crippen LogP contribution in [0.1, 0.15) is 26.7 Å². The Morgan fingerprint density at radius 3 is 2.69 bits per heavy atom. The highest BCUT2D eigenvalue weighted by atomic mass is 35.5. The van der Waals surface area contributed by atoms with Crippen molar-refractivity contribution in [2.75, 3.05) is 11.9 Å². The number of alkyl halides is 1. The van der Waals surface area contributed by atoms with Crippen LogP contribution in [0, 0.1) is 11.7 Å². The predicted molar refractivity (Wildman–Crippen MR) is 66.4 cm³/mol. The lowest BCUT2D eigenvalue weighted by atomic mass is 9.99. The van der Waals surface area contributed by atoms with Crippen molar-refractivity contribution in [2.24, 2.45) is 5.92 Å². The third kappa shape index (κ3) is 3.63. The van der Waals surface area contributed by atoms with Crippen LogP contribution in [0.15, 0.2) is 18.3 Å². The first-order chi connectivity index (χ1) is 7.69. The molecular formula is C12H18ClFN2. The molecule has 0 fully saturated rings. The molecule has 1 atom stereocenters. The van der Waals surface area contributed by atoms with Crippen LogP contribution in [-0.2, 0) is 0 Å². The minimum atomic E-state index is -0.337. The van der Waals surface area contributed by atoms with Gasteiger partial charge in [-0.05, 0) is 18.1 Å². The summed E-state index contributed by atoms with van der Waals surface area (Å²) in [5.74, 6) is 0.399. The summed E-state index contributed by atoms with van der Waals surface area (Å²) >= 11 is 6.24. The molecule has 0 aliphatic rings. The van der Waals surface area contributed by atoms with Gasteiger partial charge in [0.2, 0.25) is 0 Å². The minimum absolute atomic E-state index is 0.0106. The van der Waals surface area contributed by atoms with Crippen molar-refractivity contribution >= 4 is 17.4 Å². The first-order valence-corrected chi connectivity index (χ1v) is 6.11. The van der Waals surface area contributed by atoms with Crippen molar-refractivity contribution in [2.45, 2.75) is 32.1 Å². The summed E-state index contributed by atoms with van der Waals surface area (Å²) in [4.78, 5) is 3.92. The fourth-order valence-corrected chi connectivity index (χ4v) is 2.11. The number of rotatable bonds is 6. The molecule has 0 spiro atoms. The lowest BCUT2D eigenvalue weighted by Gasteiger charge is -2.19. The van der Waals surface area contributed by atoms with Gasteiger partial charge < -0.3 is 5.32 Å². The summed E-state index contributed by atoms with van der Waals surface area (Å²) < 4.78 is 13.2. The number of halogens is 2. The molecule has 1 N–H and O–H groups in total. The van der Waals surface area contributed by atoms with E-state index in [1.54, 1.807) is 12.3 Å². The van der Waals surface area contributed by atoms with Crippen LogP contribution in [-0.4, -0.2) is 16.9 Å². The zero-order chi connectivity index (χ0) is 12.0. The summed E-state index contributed by atoms with van der Waals surface area (Å²) in [6.45, 7) is 4.78. The van der Waals surface area contributed by atoms with E-state index in [0.717, 1.165) is 12.8 Å². The third-order valence-electron chi connectivity index (χ3n) is 2.78. The second-order valence-corrected chi connectivity index (χ2v) is 4.37. The Balaban J connectivity index is 2.48. The maximum Gasteiger partial charge on any atom is 0.165 e. The van der Waals surface area contributed by atoms with E-state index in [-0.39, 0.29) is 17.0 Å². The van der Waals surface area contributed by atoms with Crippen molar-refractivity contribution < 1.29 is 4.39 Å². The molecule has 90 valence electrons. The van der Waals surface area contributed by atoms with Gasteiger partial charge in [0.25, 0.3) is 0 Å². The number of nitrogens with one attached hydrogen (secondary N) is 1. The Hall–Kier alpha value is -0.830. The van der Waals surface area contributed by atoms with E-state index in [2.05, 4.69) is 24.1 Å². The summed E-state index contributed by atoms with van der Waals surface area (Å²) in [5, 5.41) is 2.95. The van der Waals surface area contributed by atoms with Crippen LogP contribution >= 0.6 is 11.6 Å². The summed E-state index contributed by atoms with van der Waals surface area (Å²) in [7, 11) is 0. The van der Waals surface area contributed by atoms with E-state index in [4.69, 9.17) is 11.6 Å². The molecule has 2 nitrogen and oxygen atoms in total. The largest absolute Gasteiger partial charge is 0.366 e. The molecule has 0 saturated carbocycles. The molecule has 0 amide bonds. The fraction of sp³-hybridized carbons (Fsp3) is 0.583. The van der Waals surface area contributed by atoms with Gasteiger partial charge in [-0.3, -0.25) is 0 Å². The molecule has 1 unspecified atom stereocenters. The molecule has 0 bridgehead atoms. The number of aromatic nitrogens is 1. The Morgan fingerprint density at radius 1 is 1.44 bits per heavy atom. The second-order valence-electron chi connectivity index (χ2n) is 3.81. The van der Waals surface area contributed by atoms with Crippen LogP contribution in [0.25, 0.3) is 0 Å². The van der Waals surface area contributed by atoms with E-state index in [0.29, 0.717) is 12.5 Å². The van der Waals surface area contributed by atoms with Gasteiger partial charge >= 0.3 is 0 Å². The molecule has 1 aromatic rings. The van der Waals surface area contributed by atoms with Crippen molar-refractivity contribution in [3.05, 3.63) is 24.1 Å². The first-order valence-electron chi connectivity index (χ1n) is 5.67. The minimum Gasteiger partial charge on any atom is -0.366 e. The van der Waals surface area contributed by atoms with Gasteiger partial charge in [0, 0.05) is 12.7 Å². The molecule has 16 heavy (non-hydrogen) atoms. The highest BCUT2D eigenvalue weighted by Crippen LogP contribution is 2.19. The molecule has 0 saturated heterocycles. The summed E-state index contributed by atoms with van der Waals surface area (Å²) in [5.41, 5.74) is 0. The average molecular weight is 245 g/mol. The van der Waals surface area contributed by atoms with Gasteiger partial charge in [0.05, 0.1) is 5.38 Å². The normalized spacial score (nSPS) is 12.8. The van der Waals surface area contributed by atoms with Gasteiger partial charge in [0.1, 0.15) is 0 Å². The Morgan fingerprint density at radius 2 is 2.12 bits per heavy atom. The molecule has 1 rings (SSSR count). The molecule has 1 heterocycles. The van der Waals surface area contributed by atoms with Gasteiger partial charge in [-0.15, -0.1) is 11.6 Å². The van der Waals surface area contributed by atoms with Crippen LogP contribution in [0.2, 0.25) is 0 Å². The van der Waals surface area contributed by atoms with Crippen LogP contribution in [0.3, 0.4) is 0 Å². The zero-order valence-corrected chi connectivity index (χ0v) is 10.5. The SMILES string of the molecule is CCC(CC)C(Cl)CNc1ncccc1F.